The summed E-state index contributed by atoms with van der Waals surface area (Å²) >= 11 is 0. The standard InChI is InChI=1S/C24H35N7O6/c1-14(29-22(34)18(26)11-16-12-27-13-28-16)21(33)30-19(4-2-3-9-25)23(35)31-20(24(36)37)10-15-5-7-17(32)8-6-15/h5-8,12-14,18-20,32H,2-4,9-11,25-26H2,1H3,(H,27,28)(H,29,34)(H,30,33)(H,31,35)(H,36,37)/t14-,18-,19-,20-/m0/s1. The van der Waals surface area contributed by atoms with Crippen molar-refractivity contribution in [3.63, 3.8) is 0 Å². The monoisotopic (exact) mass is 517 g/mol. The second kappa shape index (κ2) is 14.6. The highest BCUT2D eigenvalue weighted by molar-refractivity contribution is 5.94. The van der Waals surface area contributed by atoms with Crippen molar-refractivity contribution in [1.82, 2.24) is 25.9 Å². The predicted molar refractivity (Wildman–Crippen MR) is 134 cm³/mol. The second-order valence-electron chi connectivity index (χ2n) is 8.73. The van der Waals surface area contributed by atoms with Gasteiger partial charge in [0.15, 0.2) is 0 Å². The topological polar surface area (TPSA) is 226 Å². The van der Waals surface area contributed by atoms with Gasteiger partial charge in [0.1, 0.15) is 23.9 Å². The Hall–Kier alpha value is -3.97. The molecular weight excluding hydrogens is 482 g/mol. The number of carboxylic acids is 1. The molecule has 0 spiro atoms. The molecule has 0 aliphatic carbocycles. The van der Waals surface area contributed by atoms with Crippen molar-refractivity contribution in [1.29, 1.82) is 0 Å². The van der Waals surface area contributed by atoms with Crippen LogP contribution in [0.25, 0.3) is 0 Å². The summed E-state index contributed by atoms with van der Waals surface area (Å²) in [5.41, 5.74) is 12.7. The van der Waals surface area contributed by atoms with E-state index in [0.717, 1.165) is 0 Å². The molecule has 4 atom stereocenters. The normalized spacial score (nSPS) is 14.1. The summed E-state index contributed by atoms with van der Waals surface area (Å²) in [5, 5.41) is 26.6. The van der Waals surface area contributed by atoms with Gasteiger partial charge in [-0.2, -0.15) is 0 Å². The lowest BCUT2D eigenvalue weighted by Crippen LogP contribution is -2.56. The summed E-state index contributed by atoms with van der Waals surface area (Å²) in [7, 11) is 0. The number of hydrogen-bond donors (Lipinski definition) is 8. The van der Waals surface area contributed by atoms with Crippen molar-refractivity contribution in [3.8, 4) is 5.75 Å². The zero-order chi connectivity index (χ0) is 27.4. The van der Waals surface area contributed by atoms with Gasteiger partial charge in [0.2, 0.25) is 17.7 Å². The molecular formula is C24H35N7O6. The summed E-state index contributed by atoms with van der Waals surface area (Å²) < 4.78 is 0. The van der Waals surface area contributed by atoms with Crippen molar-refractivity contribution < 1.29 is 29.4 Å². The van der Waals surface area contributed by atoms with Gasteiger partial charge in [-0.15, -0.1) is 0 Å². The fraction of sp³-hybridized carbons (Fsp3) is 0.458. The Labute approximate surface area is 214 Å². The Morgan fingerprint density at radius 1 is 0.973 bits per heavy atom. The lowest BCUT2D eigenvalue weighted by atomic mass is 10.0. The quantitative estimate of drug-likeness (QED) is 0.134. The first kappa shape index (κ1) is 29.3. The molecule has 1 aromatic carbocycles. The number of aromatic amines is 1. The number of carboxylic acid groups (broad SMARTS) is 1. The maximum absolute atomic E-state index is 13.0. The fourth-order valence-corrected chi connectivity index (χ4v) is 3.51. The van der Waals surface area contributed by atoms with E-state index in [-0.39, 0.29) is 25.0 Å². The van der Waals surface area contributed by atoms with Crippen LogP contribution in [0.2, 0.25) is 0 Å². The smallest absolute Gasteiger partial charge is 0.326 e. The number of hydrogen-bond acceptors (Lipinski definition) is 8. The maximum Gasteiger partial charge on any atom is 0.326 e. The number of phenolic OH excluding ortho intramolecular Hbond substituents is 1. The Morgan fingerprint density at radius 3 is 2.24 bits per heavy atom. The van der Waals surface area contributed by atoms with E-state index in [4.69, 9.17) is 11.5 Å². The van der Waals surface area contributed by atoms with Gasteiger partial charge in [-0.25, -0.2) is 9.78 Å². The molecule has 0 fully saturated rings. The number of nitrogens with two attached hydrogens (primary N) is 2. The van der Waals surface area contributed by atoms with Crippen molar-refractivity contribution in [2.75, 3.05) is 6.54 Å². The minimum atomic E-state index is -1.26. The molecule has 0 saturated carbocycles. The van der Waals surface area contributed by atoms with Gasteiger partial charge in [-0.05, 0) is 50.4 Å². The zero-order valence-corrected chi connectivity index (χ0v) is 20.6. The Bertz CT molecular complexity index is 1030. The highest BCUT2D eigenvalue weighted by Gasteiger charge is 2.29. The number of nitrogens with zero attached hydrogens (tertiary/aromatic N) is 1. The molecule has 13 heteroatoms. The molecule has 10 N–H and O–H groups in total. The third kappa shape index (κ3) is 9.89. The summed E-state index contributed by atoms with van der Waals surface area (Å²) in [6.07, 6.45) is 4.52. The van der Waals surface area contributed by atoms with E-state index in [9.17, 15) is 29.4 Å². The van der Waals surface area contributed by atoms with Crippen LogP contribution in [0.4, 0.5) is 0 Å². The Kier molecular flexibility index (Phi) is 11.5. The van der Waals surface area contributed by atoms with E-state index in [1.807, 2.05) is 0 Å². The van der Waals surface area contributed by atoms with Gasteiger partial charge in [-0.3, -0.25) is 14.4 Å². The van der Waals surface area contributed by atoms with Gasteiger partial charge in [-0.1, -0.05) is 12.1 Å². The van der Waals surface area contributed by atoms with Crippen LogP contribution in [-0.2, 0) is 32.0 Å². The van der Waals surface area contributed by atoms with E-state index in [2.05, 4.69) is 25.9 Å². The van der Waals surface area contributed by atoms with Crippen LogP contribution in [0.3, 0.4) is 0 Å². The predicted octanol–water partition coefficient (Wildman–Crippen LogP) is -1.08. The lowest BCUT2D eigenvalue weighted by Gasteiger charge is -2.24. The number of phenols is 1. The molecule has 0 radical (unpaired) electrons. The van der Waals surface area contributed by atoms with Crippen LogP contribution in [0.5, 0.6) is 5.75 Å². The van der Waals surface area contributed by atoms with Crippen LogP contribution in [0.15, 0.2) is 36.8 Å². The fourth-order valence-electron chi connectivity index (χ4n) is 3.51. The summed E-state index contributed by atoms with van der Waals surface area (Å²) in [6, 6.07) is 1.72. The second-order valence-corrected chi connectivity index (χ2v) is 8.73. The van der Waals surface area contributed by atoms with Gasteiger partial charge < -0.3 is 42.6 Å². The number of rotatable bonds is 15. The molecule has 202 valence electrons. The minimum Gasteiger partial charge on any atom is -0.508 e. The van der Waals surface area contributed by atoms with E-state index in [0.29, 0.717) is 30.6 Å². The van der Waals surface area contributed by atoms with Crippen molar-refractivity contribution in [2.24, 2.45) is 11.5 Å². The molecule has 2 aromatic rings. The molecule has 0 saturated heterocycles. The average Bonchev–Trinajstić information content (AvgIpc) is 3.37. The molecule has 0 aliphatic heterocycles. The molecule has 0 aliphatic rings. The number of unbranched alkanes of at least 4 members (excludes halogenated alkanes) is 1. The third-order valence-corrected chi connectivity index (χ3v) is 5.65. The third-order valence-electron chi connectivity index (χ3n) is 5.65. The van der Waals surface area contributed by atoms with Crippen LogP contribution >= 0.6 is 0 Å². The number of benzene rings is 1. The molecule has 3 amide bonds. The summed E-state index contributed by atoms with van der Waals surface area (Å²) in [5.74, 6) is -3.07. The number of aromatic hydroxyl groups is 1. The Balaban J connectivity index is 2.00. The van der Waals surface area contributed by atoms with Gasteiger partial charge in [0.05, 0.1) is 12.4 Å². The molecule has 0 unspecified atom stereocenters. The van der Waals surface area contributed by atoms with Crippen LogP contribution in [0, 0.1) is 0 Å². The molecule has 1 heterocycles. The van der Waals surface area contributed by atoms with Crippen LogP contribution in [0.1, 0.15) is 37.4 Å². The largest absolute Gasteiger partial charge is 0.508 e. The highest BCUT2D eigenvalue weighted by Crippen LogP contribution is 2.12. The first-order chi connectivity index (χ1) is 17.6. The lowest BCUT2D eigenvalue weighted by molar-refractivity contribution is -0.142. The number of carbonyl (C=O) groups is 4. The van der Waals surface area contributed by atoms with E-state index >= 15 is 0 Å². The summed E-state index contributed by atoms with van der Waals surface area (Å²) in [6.45, 7) is 1.84. The van der Waals surface area contributed by atoms with E-state index < -0.39 is 47.9 Å². The molecule has 1 aromatic heterocycles. The zero-order valence-electron chi connectivity index (χ0n) is 20.6. The molecule has 0 bridgehead atoms. The number of imidazole rings is 1. The number of aromatic nitrogens is 2. The summed E-state index contributed by atoms with van der Waals surface area (Å²) in [4.78, 5) is 56.7. The molecule has 37 heavy (non-hydrogen) atoms. The van der Waals surface area contributed by atoms with Crippen LogP contribution in [-0.4, -0.2) is 74.6 Å². The van der Waals surface area contributed by atoms with Gasteiger partial charge in [0.25, 0.3) is 0 Å². The van der Waals surface area contributed by atoms with Crippen molar-refractivity contribution >= 4 is 23.7 Å². The van der Waals surface area contributed by atoms with E-state index in [1.54, 1.807) is 18.3 Å². The minimum absolute atomic E-state index is 0.0223. The first-order valence-electron chi connectivity index (χ1n) is 12.0. The van der Waals surface area contributed by atoms with E-state index in [1.165, 1.54) is 25.4 Å². The van der Waals surface area contributed by atoms with Gasteiger partial charge in [0, 0.05) is 24.7 Å². The number of carbonyl (C=O) groups excluding carboxylic acids is 3. The SMILES string of the molecule is C[C@H](NC(=O)[C@@H](N)Cc1cnc[nH]1)C(=O)N[C@@H](CCCCN)C(=O)N[C@@H](Cc1ccc(O)cc1)C(=O)O. The highest BCUT2D eigenvalue weighted by atomic mass is 16.4. The van der Waals surface area contributed by atoms with Crippen molar-refractivity contribution in [2.45, 2.75) is 63.2 Å². The van der Waals surface area contributed by atoms with Gasteiger partial charge >= 0.3 is 5.97 Å². The average molecular weight is 518 g/mol. The van der Waals surface area contributed by atoms with Crippen LogP contribution < -0.4 is 27.4 Å². The number of H-pyrrole nitrogens is 1. The number of aliphatic carboxylic acids is 1. The molecule has 2 rings (SSSR count). The number of amides is 3. The molecule has 13 nitrogen and oxygen atoms in total. The number of nitrogens with one attached hydrogen (secondary N) is 4. The first-order valence-corrected chi connectivity index (χ1v) is 12.0. The Morgan fingerprint density at radius 2 is 1.65 bits per heavy atom. The van der Waals surface area contributed by atoms with Crippen molar-refractivity contribution in [3.05, 3.63) is 48.0 Å². The maximum atomic E-state index is 13.0.